The topological polar surface area (TPSA) is 51.2 Å². The number of thiazole rings is 1. The molecule has 0 atom stereocenters. The first-order valence-corrected chi connectivity index (χ1v) is 7.80. The van der Waals surface area contributed by atoms with Crippen LogP contribution in [-0.2, 0) is 11.2 Å². The van der Waals surface area contributed by atoms with E-state index in [2.05, 4.69) is 10.3 Å². The Morgan fingerprint density at radius 1 is 1.43 bits per heavy atom. The minimum absolute atomic E-state index is 0.0840. The molecule has 1 N–H and O–H groups in total. The molecule has 0 saturated heterocycles. The van der Waals surface area contributed by atoms with Crippen LogP contribution in [0.4, 0.5) is 5.13 Å². The lowest BCUT2D eigenvalue weighted by molar-refractivity contribution is -0.120. The highest BCUT2D eigenvalue weighted by atomic mass is 32.1. The van der Waals surface area contributed by atoms with Gasteiger partial charge in [-0.2, -0.15) is 0 Å². The van der Waals surface area contributed by atoms with E-state index < -0.39 is 0 Å². The number of aromatic nitrogens is 1. The second kappa shape index (κ2) is 5.48. The summed E-state index contributed by atoms with van der Waals surface area (Å²) in [6.45, 7) is 1.99. The van der Waals surface area contributed by atoms with Crippen LogP contribution in [0.3, 0.4) is 0 Å². The molecule has 0 spiro atoms. The Kier molecular flexibility index (Phi) is 3.68. The molecule has 3 rings (SSSR count). The molecule has 1 saturated carbocycles. The van der Waals surface area contributed by atoms with Crippen LogP contribution >= 0.6 is 11.3 Å². The molecule has 1 amide bonds. The van der Waals surface area contributed by atoms with E-state index in [1.54, 1.807) is 7.11 Å². The molecule has 0 aliphatic heterocycles. The Hall–Kier alpha value is -1.88. The van der Waals surface area contributed by atoms with Crippen molar-refractivity contribution in [2.75, 3.05) is 12.4 Å². The van der Waals surface area contributed by atoms with E-state index in [4.69, 9.17) is 4.74 Å². The third-order valence-corrected chi connectivity index (χ3v) is 4.79. The fraction of sp³-hybridized carbons (Fsp3) is 0.375. The lowest BCUT2D eigenvalue weighted by Gasteiger charge is -2.07. The first kappa shape index (κ1) is 14.1. The van der Waals surface area contributed by atoms with Crippen molar-refractivity contribution in [3.05, 3.63) is 40.9 Å². The SMILES string of the molecule is COc1ccccc1Cc1cnc(NC(=O)C2(C)CC2)s1. The third kappa shape index (κ3) is 3.08. The largest absolute Gasteiger partial charge is 0.496 e. The second-order valence-electron chi connectivity index (χ2n) is 5.64. The average Bonchev–Trinajstić information content (AvgIpc) is 3.09. The van der Waals surface area contributed by atoms with Crippen molar-refractivity contribution in [3.63, 3.8) is 0 Å². The van der Waals surface area contributed by atoms with Crippen molar-refractivity contribution in [3.8, 4) is 5.75 Å². The van der Waals surface area contributed by atoms with Gasteiger partial charge in [-0.05, 0) is 24.5 Å². The minimum atomic E-state index is -0.172. The summed E-state index contributed by atoms with van der Waals surface area (Å²) in [6.07, 6.45) is 4.52. The average molecular weight is 302 g/mol. The number of methoxy groups -OCH3 is 1. The molecule has 1 aliphatic carbocycles. The van der Waals surface area contributed by atoms with Crippen LogP contribution in [0, 0.1) is 5.41 Å². The Balaban J connectivity index is 1.69. The number of hydrogen-bond donors (Lipinski definition) is 1. The molecule has 4 nitrogen and oxygen atoms in total. The van der Waals surface area contributed by atoms with Crippen LogP contribution in [0.5, 0.6) is 5.75 Å². The number of amides is 1. The standard InChI is InChI=1S/C16H18N2O2S/c1-16(7-8-16)14(19)18-15-17-10-12(21-15)9-11-5-3-4-6-13(11)20-2/h3-6,10H,7-9H2,1-2H3,(H,17,18,19). The molecule has 0 radical (unpaired) electrons. The van der Waals surface area contributed by atoms with E-state index in [1.807, 2.05) is 37.4 Å². The summed E-state index contributed by atoms with van der Waals surface area (Å²) in [7, 11) is 1.67. The zero-order valence-electron chi connectivity index (χ0n) is 12.2. The minimum Gasteiger partial charge on any atom is -0.496 e. The molecule has 21 heavy (non-hydrogen) atoms. The summed E-state index contributed by atoms with van der Waals surface area (Å²) < 4.78 is 5.36. The molecule has 1 fully saturated rings. The number of nitrogens with one attached hydrogen (secondary N) is 1. The van der Waals surface area contributed by atoms with E-state index in [1.165, 1.54) is 11.3 Å². The summed E-state index contributed by atoms with van der Waals surface area (Å²) in [5.41, 5.74) is 0.949. The molecule has 1 aromatic heterocycles. The van der Waals surface area contributed by atoms with Crippen LogP contribution in [0.2, 0.25) is 0 Å². The summed E-state index contributed by atoms with van der Waals surface area (Å²) in [5.74, 6) is 0.961. The van der Waals surface area contributed by atoms with Gasteiger partial charge in [0.25, 0.3) is 0 Å². The maximum atomic E-state index is 12.0. The molecule has 1 aliphatic rings. The maximum Gasteiger partial charge on any atom is 0.232 e. The van der Waals surface area contributed by atoms with Gasteiger partial charge in [0.15, 0.2) is 5.13 Å². The highest BCUT2D eigenvalue weighted by Crippen LogP contribution is 2.45. The third-order valence-electron chi connectivity index (χ3n) is 3.88. The number of para-hydroxylation sites is 1. The lowest BCUT2D eigenvalue weighted by atomic mass is 10.1. The number of benzene rings is 1. The molecule has 110 valence electrons. The number of nitrogens with zero attached hydrogens (tertiary/aromatic N) is 1. The van der Waals surface area contributed by atoms with Gasteiger partial charge in [0, 0.05) is 22.9 Å². The van der Waals surface area contributed by atoms with E-state index >= 15 is 0 Å². The summed E-state index contributed by atoms with van der Waals surface area (Å²) in [5, 5.41) is 3.60. The molecular weight excluding hydrogens is 284 g/mol. The molecule has 2 aromatic rings. The first-order chi connectivity index (χ1) is 10.1. The number of ether oxygens (including phenoxy) is 1. The maximum absolute atomic E-state index is 12.0. The molecular formula is C16H18N2O2S. The lowest BCUT2D eigenvalue weighted by Crippen LogP contribution is -2.21. The summed E-state index contributed by atoms with van der Waals surface area (Å²) in [6, 6.07) is 7.95. The van der Waals surface area contributed by atoms with Gasteiger partial charge in [-0.25, -0.2) is 4.98 Å². The van der Waals surface area contributed by atoms with Crippen molar-refractivity contribution in [1.29, 1.82) is 0 Å². The highest BCUT2D eigenvalue weighted by molar-refractivity contribution is 7.15. The van der Waals surface area contributed by atoms with Gasteiger partial charge in [-0.15, -0.1) is 11.3 Å². The molecule has 0 bridgehead atoms. The first-order valence-electron chi connectivity index (χ1n) is 6.99. The summed E-state index contributed by atoms with van der Waals surface area (Å²) >= 11 is 1.52. The number of carbonyl (C=O) groups excluding carboxylic acids is 1. The zero-order chi connectivity index (χ0) is 14.9. The van der Waals surface area contributed by atoms with Gasteiger partial charge >= 0.3 is 0 Å². The fourth-order valence-electron chi connectivity index (χ4n) is 2.15. The number of rotatable bonds is 5. The van der Waals surface area contributed by atoms with Crippen molar-refractivity contribution in [1.82, 2.24) is 4.98 Å². The van der Waals surface area contributed by atoms with E-state index in [0.717, 1.165) is 35.5 Å². The van der Waals surface area contributed by atoms with E-state index in [9.17, 15) is 4.79 Å². The molecule has 0 unspecified atom stereocenters. The Morgan fingerprint density at radius 2 is 2.19 bits per heavy atom. The monoisotopic (exact) mass is 302 g/mol. The van der Waals surface area contributed by atoms with E-state index in [0.29, 0.717) is 5.13 Å². The smallest absolute Gasteiger partial charge is 0.232 e. The second-order valence-corrected chi connectivity index (χ2v) is 6.75. The zero-order valence-corrected chi connectivity index (χ0v) is 13.0. The number of anilines is 1. The van der Waals surface area contributed by atoms with Crippen LogP contribution in [0.15, 0.2) is 30.5 Å². The summed E-state index contributed by atoms with van der Waals surface area (Å²) in [4.78, 5) is 17.4. The van der Waals surface area contributed by atoms with Gasteiger partial charge in [0.1, 0.15) is 5.75 Å². The van der Waals surface area contributed by atoms with Crippen molar-refractivity contribution >= 4 is 22.4 Å². The fourth-order valence-corrected chi connectivity index (χ4v) is 2.98. The van der Waals surface area contributed by atoms with Crippen LogP contribution in [-0.4, -0.2) is 18.0 Å². The predicted molar refractivity (Wildman–Crippen MR) is 83.9 cm³/mol. The van der Waals surface area contributed by atoms with E-state index in [-0.39, 0.29) is 11.3 Å². The van der Waals surface area contributed by atoms with Crippen LogP contribution in [0.25, 0.3) is 0 Å². The Labute approximate surface area is 128 Å². The molecule has 5 heteroatoms. The van der Waals surface area contributed by atoms with Gasteiger partial charge in [0.2, 0.25) is 5.91 Å². The quantitative estimate of drug-likeness (QED) is 0.920. The molecule has 1 aromatic carbocycles. The van der Waals surface area contributed by atoms with Crippen molar-refractivity contribution < 1.29 is 9.53 Å². The van der Waals surface area contributed by atoms with Gasteiger partial charge < -0.3 is 10.1 Å². The Bertz CT molecular complexity index is 662. The molecule has 1 heterocycles. The van der Waals surface area contributed by atoms with Crippen LogP contribution in [0.1, 0.15) is 30.2 Å². The highest BCUT2D eigenvalue weighted by Gasteiger charge is 2.45. The van der Waals surface area contributed by atoms with Gasteiger partial charge in [0.05, 0.1) is 7.11 Å². The van der Waals surface area contributed by atoms with Gasteiger partial charge in [-0.3, -0.25) is 4.79 Å². The van der Waals surface area contributed by atoms with Crippen molar-refractivity contribution in [2.24, 2.45) is 5.41 Å². The van der Waals surface area contributed by atoms with Crippen molar-refractivity contribution in [2.45, 2.75) is 26.2 Å². The number of carbonyl (C=O) groups is 1. The van der Waals surface area contributed by atoms with Crippen LogP contribution < -0.4 is 10.1 Å². The predicted octanol–water partition coefficient (Wildman–Crippen LogP) is 3.48. The Morgan fingerprint density at radius 3 is 2.90 bits per heavy atom. The number of hydrogen-bond acceptors (Lipinski definition) is 4. The normalized spacial score (nSPS) is 15.5. The van der Waals surface area contributed by atoms with Gasteiger partial charge in [-0.1, -0.05) is 25.1 Å².